The Morgan fingerprint density at radius 2 is 2.04 bits per heavy atom. The van der Waals surface area contributed by atoms with Gasteiger partial charge in [-0.3, -0.25) is 4.79 Å². The SMILES string of the molecule is COc1c(C#N)cccc1C(=O)n1nc(N)c2c(C3CC3)cc(C3CC3)nc21. The van der Waals surface area contributed by atoms with Crippen LogP contribution in [0, 0.1) is 11.3 Å². The van der Waals surface area contributed by atoms with E-state index in [1.54, 1.807) is 18.2 Å². The van der Waals surface area contributed by atoms with Crippen molar-refractivity contribution in [3.63, 3.8) is 0 Å². The average Bonchev–Trinajstić information content (AvgIpc) is 3.63. The van der Waals surface area contributed by atoms with Gasteiger partial charge in [-0.1, -0.05) is 6.07 Å². The molecule has 28 heavy (non-hydrogen) atoms. The molecule has 1 aromatic carbocycles. The van der Waals surface area contributed by atoms with Gasteiger partial charge in [0.05, 0.1) is 23.6 Å². The maximum Gasteiger partial charge on any atom is 0.284 e. The zero-order chi connectivity index (χ0) is 19.4. The van der Waals surface area contributed by atoms with Crippen molar-refractivity contribution in [1.82, 2.24) is 14.8 Å². The summed E-state index contributed by atoms with van der Waals surface area (Å²) in [6.07, 6.45) is 4.50. The van der Waals surface area contributed by atoms with Crippen LogP contribution in [0.5, 0.6) is 5.75 Å². The molecule has 7 nitrogen and oxygen atoms in total. The van der Waals surface area contributed by atoms with E-state index in [1.165, 1.54) is 11.8 Å². The highest BCUT2D eigenvalue weighted by Crippen LogP contribution is 2.47. The molecule has 0 saturated heterocycles. The third-order valence-corrected chi connectivity index (χ3v) is 5.49. The van der Waals surface area contributed by atoms with Crippen molar-refractivity contribution in [2.75, 3.05) is 12.8 Å². The zero-order valence-electron chi connectivity index (χ0n) is 15.5. The summed E-state index contributed by atoms with van der Waals surface area (Å²) in [7, 11) is 1.44. The Labute approximate surface area is 161 Å². The quantitative estimate of drug-likeness (QED) is 0.752. The molecule has 2 aliphatic carbocycles. The zero-order valence-corrected chi connectivity index (χ0v) is 15.5. The Morgan fingerprint density at radius 1 is 1.29 bits per heavy atom. The number of hydrogen-bond donors (Lipinski definition) is 1. The number of nitrogens with two attached hydrogens (primary N) is 1. The maximum absolute atomic E-state index is 13.3. The molecule has 5 rings (SSSR count). The van der Waals surface area contributed by atoms with Crippen molar-refractivity contribution in [2.24, 2.45) is 0 Å². The summed E-state index contributed by atoms with van der Waals surface area (Å²) in [4.78, 5) is 18.1. The molecular formula is C21H19N5O2. The summed E-state index contributed by atoms with van der Waals surface area (Å²) < 4.78 is 6.60. The fourth-order valence-electron chi connectivity index (χ4n) is 3.77. The number of rotatable bonds is 4. The molecule has 0 aliphatic heterocycles. The molecule has 0 radical (unpaired) electrons. The number of nitriles is 1. The predicted molar refractivity (Wildman–Crippen MR) is 103 cm³/mol. The van der Waals surface area contributed by atoms with Crippen LogP contribution in [0.1, 0.15) is 64.7 Å². The molecule has 140 valence electrons. The normalized spacial score (nSPS) is 16.1. The van der Waals surface area contributed by atoms with Crippen molar-refractivity contribution in [2.45, 2.75) is 37.5 Å². The molecule has 7 heteroatoms. The molecule has 3 aromatic rings. The number of nitrogen functional groups attached to an aromatic ring is 1. The van der Waals surface area contributed by atoms with E-state index < -0.39 is 5.91 Å². The molecule has 2 aromatic heterocycles. The van der Waals surface area contributed by atoms with Gasteiger partial charge in [0.1, 0.15) is 11.8 Å². The molecule has 2 fully saturated rings. The van der Waals surface area contributed by atoms with E-state index in [1.807, 2.05) is 0 Å². The van der Waals surface area contributed by atoms with Gasteiger partial charge in [-0.2, -0.15) is 9.94 Å². The first-order valence-corrected chi connectivity index (χ1v) is 9.43. The number of methoxy groups -OCH3 is 1. The second-order valence-electron chi connectivity index (χ2n) is 7.48. The second kappa shape index (κ2) is 6.06. The third-order valence-electron chi connectivity index (χ3n) is 5.49. The molecule has 0 amide bonds. The predicted octanol–water partition coefficient (Wildman–Crippen LogP) is 3.34. The number of carbonyl (C=O) groups is 1. The Hall–Kier alpha value is -3.40. The Kier molecular flexibility index (Phi) is 3.63. The summed E-state index contributed by atoms with van der Waals surface area (Å²) in [5.41, 5.74) is 9.44. The number of nitrogens with zero attached hydrogens (tertiary/aromatic N) is 4. The number of benzene rings is 1. The minimum atomic E-state index is -0.405. The second-order valence-corrected chi connectivity index (χ2v) is 7.48. The van der Waals surface area contributed by atoms with Gasteiger partial charge in [-0.25, -0.2) is 4.98 Å². The van der Waals surface area contributed by atoms with E-state index in [2.05, 4.69) is 17.2 Å². The van der Waals surface area contributed by atoms with E-state index in [9.17, 15) is 10.1 Å². The average molecular weight is 373 g/mol. The van der Waals surface area contributed by atoms with Gasteiger partial charge < -0.3 is 10.5 Å². The van der Waals surface area contributed by atoms with E-state index in [-0.39, 0.29) is 11.3 Å². The number of hydrogen-bond acceptors (Lipinski definition) is 6. The van der Waals surface area contributed by atoms with Crippen LogP contribution in [0.4, 0.5) is 5.82 Å². The van der Waals surface area contributed by atoms with Crippen LogP contribution in [-0.4, -0.2) is 27.8 Å². The lowest BCUT2D eigenvalue weighted by Gasteiger charge is -2.10. The van der Waals surface area contributed by atoms with Crippen LogP contribution in [0.15, 0.2) is 24.3 Å². The fraction of sp³-hybridized carbons (Fsp3) is 0.333. The summed E-state index contributed by atoms with van der Waals surface area (Å²) in [6, 6.07) is 9.10. The van der Waals surface area contributed by atoms with Crippen molar-refractivity contribution < 1.29 is 9.53 Å². The molecule has 2 N–H and O–H groups in total. The van der Waals surface area contributed by atoms with E-state index in [0.717, 1.165) is 42.3 Å². The molecule has 0 unspecified atom stereocenters. The van der Waals surface area contributed by atoms with E-state index in [0.29, 0.717) is 28.9 Å². The largest absolute Gasteiger partial charge is 0.495 e. The van der Waals surface area contributed by atoms with Crippen LogP contribution < -0.4 is 10.5 Å². The Balaban J connectivity index is 1.72. The van der Waals surface area contributed by atoms with E-state index >= 15 is 0 Å². The number of carbonyl (C=O) groups excluding carboxylic acids is 1. The topological polar surface area (TPSA) is 107 Å². The Bertz CT molecular complexity index is 1170. The lowest BCUT2D eigenvalue weighted by molar-refractivity contribution is 0.0947. The van der Waals surface area contributed by atoms with Crippen molar-refractivity contribution in [1.29, 1.82) is 5.26 Å². The van der Waals surface area contributed by atoms with Crippen molar-refractivity contribution in [3.8, 4) is 11.8 Å². The van der Waals surface area contributed by atoms with E-state index in [4.69, 9.17) is 15.5 Å². The number of anilines is 1. The van der Waals surface area contributed by atoms with Crippen LogP contribution in [0.25, 0.3) is 11.0 Å². The lowest BCUT2D eigenvalue weighted by Crippen LogP contribution is -2.16. The van der Waals surface area contributed by atoms with Gasteiger partial charge in [-0.05, 0) is 55.4 Å². The summed E-state index contributed by atoms with van der Waals surface area (Å²) in [6.45, 7) is 0. The molecule has 0 spiro atoms. The highest BCUT2D eigenvalue weighted by atomic mass is 16.5. The van der Waals surface area contributed by atoms with Gasteiger partial charge in [-0.15, -0.1) is 5.10 Å². The minimum absolute atomic E-state index is 0.234. The monoisotopic (exact) mass is 373 g/mol. The lowest BCUT2D eigenvalue weighted by atomic mass is 10.0. The summed E-state index contributed by atoms with van der Waals surface area (Å²) in [5, 5.41) is 14.4. The van der Waals surface area contributed by atoms with Crippen LogP contribution >= 0.6 is 0 Å². The highest BCUT2D eigenvalue weighted by molar-refractivity contribution is 6.05. The van der Waals surface area contributed by atoms with Crippen LogP contribution in [-0.2, 0) is 0 Å². The van der Waals surface area contributed by atoms with Gasteiger partial charge in [0.25, 0.3) is 5.91 Å². The van der Waals surface area contributed by atoms with Gasteiger partial charge in [0, 0.05) is 11.6 Å². The Morgan fingerprint density at radius 3 is 2.68 bits per heavy atom. The first-order chi connectivity index (χ1) is 13.6. The number of aromatic nitrogens is 3. The number of fused-ring (bicyclic) bond motifs is 1. The van der Waals surface area contributed by atoms with Crippen molar-refractivity contribution in [3.05, 3.63) is 46.6 Å². The number of para-hydroxylation sites is 1. The van der Waals surface area contributed by atoms with Gasteiger partial charge in [0.15, 0.2) is 11.5 Å². The number of pyridine rings is 1. The summed E-state index contributed by atoms with van der Waals surface area (Å²) in [5.74, 6) is 1.07. The smallest absolute Gasteiger partial charge is 0.284 e. The van der Waals surface area contributed by atoms with Crippen LogP contribution in [0.2, 0.25) is 0 Å². The fourth-order valence-corrected chi connectivity index (χ4v) is 3.77. The number of ether oxygens (including phenoxy) is 1. The highest BCUT2D eigenvalue weighted by Gasteiger charge is 2.33. The molecule has 0 bridgehead atoms. The van der Waals surface area contributed by atoms with Crippen molar-refractivity contribution >= 4 is 22.8 Å². The minimum Gasteiger partial charge on any atom is -0.495 e. The standard InChI is InChI=1S/C21H19N5O2/c1-28-18-13(10-22)3-2-4-14(18)21(27)26-20-17(19(23)25-26)15(11-5-6-11)9-16(24-20)12-7-8-12/h2-4,9,11-12H,5-8H2,1H3,(H2,23,25). The molecular weight excluding hydrogens is 354 g/mol. The summed E-state index contributed by atoms with van der Waals surface area (Å²) >= 11 is 0. The molecule has 2 aliphatic rings. The first-order valence-electron chi connectivity index (χ1n) is 9.43. The molecule has 2 heterocycles. The van der Waals surface area contributed by atoms with Crippen LogP contribution in [0.3, 0.4) is 0 Å². The first kappa shape index (κ1) is 16.8. The third kappa shape index (κ3) is 2.53. The van der Waals surface area contributed by atoms with Gasteiger partial charge >= 0.3 is 0 Å². The maximum atomic E-state index is 13.3. The van der Waals surface area contributed by atoms with Gasteiger partial charge in [0.2, 0.25) is 0 Å². The molecule has 0 atom stereocenters. The molecule has 2 saturated carbocycles.